The largest absolute Gasteiger partial charge is 0.439 e. The highest BCUT2D eigenvalue weighted by atomic mass is 16.5. The van der Waals surface area contributed by atoms with E-state index in [1.54, 1.807) is 18.3 Å². The fraction of sp³-hybridized carbons (Fsp3) is 0.154. The van der Waals surface area contributed by atoms with Crippen molar-refractivity contribution in [3.8, 4) is 11.6 Å². The summed E-state index contributed by atoms with van der Waals surface area (Å²) in [5.41, 5.74) is 8.54. The third kappa shape index (κ3) is 2.31. The second kappa shape index (κ2) is 4.23. The van der Waals surface area contributed by atoms with Gasteiger partial charge in [0.1, 0.15) is 5.75 Å². The van der Waals surface area contributed by atoms with Crippen LogP contribution in [0.15, 0.2) is 36.5 Å². The van der Waals surface area contributed by atoms with Crippen LogP contribution in [-0.4, -0.2) is 4.98 Å². The van der Waals surface area contributed by atoms with Gasteiger partial charge in [-0.15, -0.1) is 0 Å². The molecule has 0 unspecified atom stereocenters. The molecule has 0 aliphatic rings. The summed E-state index contributed by atoms with van der Waals surface area (Å²) >= 11 is 0. The number of anilines is 1. The van der Waals surface area contributed by atoms with Gasteiger partial charge in [0, 0.05) is 18.0 Å². The Morgan fingerprint density at radius 3 is 2.69 bits per heavy atom. The summed E-state index contributed by atoms with van der Waals surface area (Å²) < 4.78 is 5.68. The van der Waals surface area contributed by atoms with E-state index in [0.717, 1.165) is 16.9 Å². The minimum atomic E-state index is 0.522. The molecule has 3 heteroatoms. The van der Waals surface area contributed by atoms with E-state index in [2.05, 4.69) is 11.1 Å². The fourth-order valence-corrected chi connectivity index (χ4v) is 1.41. The number of pyridine rings is 1. The number of nitrogens with two attached hydrogens (primary N) is 1. The first-order chi connectivity index (χ1) is 7.65. The minimum Gasteiger partial charge on any atom is -0.439 e. The van der Waals surface area contributed by atoms with Crippen LogP contribution in [0, 0.1) is 13.8 Å². The maximum absolute atomic E-state index is 5.68. The quantitative estimate of drug-likeness (QED) is 0.835. The van der Waals surface area contributed by atoms with Crippen molar-refractivity contribution in [2.24, 2.45) is 0 Å². The summed E-state index contributed by atoms with van der Waals surface area (Å²) in [4.78, 5) is 4.10. The van der Waals surface area contributed by atoms with Crippen molar-refractivity contribution >= 4 is 5.69 Å². The summed E-state index contributed by atoms with van der Waals surface area (Å²) in [5.74, 6) is 1.34. The summed E-state index contributed by atoms with van der Waals surface area (Å²) in [7, 11) is 0. The van der Waals surface area contributed by atoms with Crippen molar-refractivity contribution < 1.29 is 4.74 Å². The van der Waals surface area contributed by atoms with Crippen molar-refractivity contribution in [1.29, 1.82) is 0 Å². The van der Waals surface area contributed by atoms with Crippen LogP contribution in [0.5, 0.6) is 11.6 Å². The first kappa shape index (κ1) is 10.5. The van der Waals surface area contributed by atoms with Gasteiger partial charge in [-0.1, -0.05) is 12.1 Å². The van der Waals surface area contributed by atoms with Crippen LogP contribution >= 0.6 is 0 Å². The first-order valence-corrected chi connectivity index (χ1v) is 5.12. The molecule has 2 rings (SSSR count). The summed E-state index contributed by atoms with van der Waals surface area (Å²) in [6, 6.07) is 9.50. The molecule has 0 bridgehead atoms. The molecule has 0 amide bonds. The van der Waals surface area contributed by atoms with E-state index < -0.39 is 0 Å². The van der Waals surface area contributed by atoms with Gasteiger partial charge in [0.05, 0.1) is 0 Å². The Balaban J connectivity index is 2.30. The molecule has 2 N–H and O–H groups in total. The zero-order valence-corrected chi connectivity index (χ0v) is 9.40. The first-order valence-electron chi connectivity index (χ1n) is 5.12. The third-order valence-electron chi connectivity index (χ3n) is 2.32. The number of nitrogens with zero attached hydrogens (tertiary/aromatic N) is 1. The van der Waals surface area contributed by atoms with Crippen LogP contribution in [0.3, 0.4) is 0 Å². The molecule has 0 fully saturated rings. The fourth-order valence-electron chi connectivity index (χ4n) is 1.41. The van der Waals surface area contributed by atoms with E-state index in [0.29, 0.717) is 11.6 Å². The molecule has 0 saturated heterocycles. The zero-order valence-electron chi connectivity index (χ0n) is 9.40. The van der Waals surface area contributed by atoms with Crippen LogP contribution in [0.2, 0.25) is 0 Å². The highest BCUT2D eigenvalue weighted by molar-refractivity contribution is 5.43. The SMILES string of the molecule is Cc1ccc(C)c(Oc2cc(N)ccn2)c1. The standard InChI is InChI=1S/C13H14N2O/c1-9-3-4-10(2)12(7-9)16-13-8-11(14)5-6-15-13/h3-8H,1-2H3,(H2,14,15). The molecule has 0 spiro atoms. The van der Waals surface area contributed by atoms with Gasteiger partial charge in [-0.3, -0.25) is 0 Å². The normalized spacial score (nSPS) is 10.1. The summed E-state index contributed by atoms with van der Waals surface area (Å²) in [6.45, 7) is 4.03. The second-order valence-electron chi connectivity index (χ2n) is 3.80. The van der Waals surface area contributed by atoms with Gasteiger partial charge in [-0.2, -0.15) is 0 Å². The minimum absolute atomic E-state index is 0.522. The average molecular weight is 214 g/mol. The predicted molar refractivity (Wildman–Crippen MR) is 64.6 cm³/mol. The number of benzene rings is 1. The van der Waals surface area contributed by atoms with Gasteiger partial charge in [-0.05, 0) is 37.1 Å². The monoisotopic (exact) mass is 214 g/mol. The summed E-state index contributed by atoms with van der Waals surface area (Å²) in [5, 5.41) is 0. The lowest BCUT2D eigenvalue weighted by Crippen LogP contribution is -1.92. The second-order valence-corrected chi connectivity index (χ2v) is 3.80. The Kier molecular flexibility index (Phi) is 2.77. The van der Waals surface area contributed by atoms with Crippen LogP contribution in [0.25, 0.3) is 0 Å². The van der Waals surface area contributed by atoms with Gasteiger partial charge >= 0.3 is 0 Å². The zero-order chi connectivity index (χ0) is 11.5. The Morgan fingerprint density at radius 2 is 1.94 bits per heavy atom. The van der Waals surface area contributed by atoms with Gasteiger partial charge in [0.25, 0.3) is 0 Å². The van der Waals surface area contributed by atoms with Crippen molar-refractivity contribution in [1.82, 2.24) is 4.98 Å². The number of rotatable bonds is 2. The van der Waals surface area contributed by atoms with Crippen molar-refractivity contribution in [3.05, 3.63) is 47.7 Å². The van der Waals surface area contributed by atoms with E-state index >= 15 is 0 Å². The lowest BCUT2D eigenvalue weighted by molar-refractivity contribution is 0.459. The average Bonchev–Trinajstić information content (AvgIpc) is 2.24. The molecule has 0 aliphatic carbocycles. The van der Waals surface area contributed by atoms with Gasteiger partial charge < -0.3 is 10.5 Å². The number of hydrogen-bond acceptors (Lipinski definition) is 3. The number of aryl methyl sites for hydroxylation is 2. The van der Waals surface area contributed by atoms with Crippen molar-refractivity contribution in [2.75, 3.05) is 5.73 Å². The van der Waals surface area contributed by atoms with E-state index in [4.69, 9.17) is 10.5 Å². The Bertz CT molecular complexity index is 509. The predicted octanol–water partition coefficient (Wildman–Crippen LogP) is 3.07. The molecule has 1 heterocycles. The topological polar surface area (TPSA) is 48.1 Å². The molecule has 0 saturated carbocycles. The highest BCUT2D eigenvalue weighted by Gasteiger charge is 2.02. The number of aromatic nitrogens is 1. The molecule has 82 valence electrons. The number of hydrogen-bond donors (Lipinski definition) is 1. The molecule has 1 aromatic heterocycles. The number of nitrogen functional groups attached to an aromatic ring is 1. The van der Waals surface area contributed by atoms with Crippen LogP contribution in [-0.2, 0) is 0 Å². The van der Waals surface area contributed by atoms with E-state index in [-0.39, 0.29) is 0 Å². The lowest BCUT2D eigenvalue weighted by atomic mass is 10.1. The van der Waals surface area contributed by atoms with Gasteiger partial charge in [0.2, 0.25) is 5.88 Å². The van der Waals surface area contributed by atoms with Crippen molar-refractivity contribution in [3.63, 3.8) is 0 Å². The lowest BCUT2D eigenvalue weighted by Gasteiger charge is -2.08. The highest BCUT2D eigenvalue weighted by Crippen LogP contribution is 2.25. The molecule has 1 aromatic carbocycles. The molecular weight excluding hydrogens is 200 g/mol. The van der Waals surface area contributed by atoms with Crippen molar-refractivity contribution in [2.45, 2.75) is 13.8 Å². The summed E-state index contributed by atoms with van der Waals surface area (Å²) in [6.07, 6.45) is 1.63. The number of ether oxygens (including phenoxy) is 1. The van der Waals surface area contributed by atoms with Crippen LogP contribution in [0.4, 0.5) is 5.69 Å². The molecule has 16 heavy (non-hydrogen) atoms. The molecule has 0 aliphatic heterocycles. The Morgan fingerprint density at radius 1 is 1.12 bits per heavy atom. The molecule has 3 nitrogen and oxygen atoms in total. The van der Waals surface area contributed by atoms with Crippen LogP contribution < -0.4 is 10.5 Å². The molecular formula is C13H14N2O. The molecule has 2 aromatic rings. The molecule has 0 atom stereocenters. The smallest absolute Gasteiger partial charge is 0.221 e. The van der Waals surface area contributed by atoms with E-state index in [1.807, 2.05) is 26.0 Å². The van der Waals surface area contributed by atoms with E-state index in [9.17, 15) is 0 Å². The van der Waals surface area contributed by atoms with Gasteiger partial charge in [0.15, 0.2) is 0 Å². The van der Waals surface area contributed by atoms with Gasteiger partial charge in [-0.25, -0.2) is 4.98 Å². The maximum Gasteiger partial charge on any atom is 0.221 e. The van der Waals surface area contributed by atoms with Crippen LogP contribution in [0.1, 0.15) is 11.1 Å². The third-order valence-corrected chi connectivity index (χ3v) is 2.32. The Hall–Kier alpha value is -2.03. The molecule has 0 radical (unpaired) electrons. The van der Waals surface area contributed by atoms with E-state index in [1.165, 1.54) is 0 Å². The Labute approximate surface area is 94.9 Å². The maximum atomic E-state index is 5.68.